The van der Waals surface area contributed by atoms with Crippen LogP contribution in [0, 0.1) is 0 Å². The maximum absolute atomic E-state index is 12.2. The molecule has 0 aliphatic rings. The van der Waals surface area contributed by atoms with Gasteiger partial charge in [-0.2, -0.15) is 0 Å². The first kappa shape index (κ1) is 21.3. The van der Waals surface area contributed by atoms with E-state index in [0.717, 1.165) is 5.56 Å². The van der Waals surface area contributed by atoms with Crippen LogP contribution in [0.4, 0.5) is 11.6 Å². The number of hydrogen-bond acceptors (Lipinski definition) is 7. The maximum atomic E-state index is 12.2. The number of fused-ring (bicyclic) bond motifs is 1. The number of nitrogen functional groups attached to an aromatic ring is 1. The molecule has 0 unspecified atom stereocenters. The molecule has 2 aromatic carbocycles. The number of aromatic nitrogens is 2. The second kappa shape index (κ2) is 8.95. The van der Waals surface area contributed by atoms with E-state index >= 15 is 0 Å². The van der Waals surface area contributed by atoms with Crippen molar-refractivity contribution < 1.29 is 24.6 Å². The van der Waals surface area contributed by atoms with Crippen molar-refractivity contribution >= 4 is 40.4 Å². The topological polar surface area (TPSA) is 187 Å². The van der Waals surface area contributed by atoms with Gasteiger partial charge in [-0.3, -0.25) is 19.4 Å². The van der Waals surface area contributed by atoms with Crippen LogP contribution in [0.15, 0.2) is 47.3 Å². The van der Waals surface area contributed by atoms with Gasteiger partial charge in [0.1, 0.15) is 6.04 Å². The molecule has 11 heteroatoms. The van der Waals surface area contributed by atoms with Crippen molar-refractivity contribution in [2.24, 2.45) is 0 Å². The fourth-order valence-electron chi connectivity index (χ4n) is 2.87. The summed E-state index contributed by atoms with van der Waals surface area (Å²) >= 11 is 0. The Morgan fingerprint density at radius 1 is 1.10 bits per heavy atom. The summed E-state index contributed by atoms with van der Waals surface area (Å²) in [6.07, 6.45) is -0.725. The van der Waals surface area contributed by atoms with E-state index in [2.05, 4.69) is 20.6 Å². The molecule has 11 nitrogen and oxygen atoms in total. The van der Waals surface area contributed by atoms with Crippen LogP contribution in [-0.4, -0.2) is 44.1 Å². The van der Waals surface area contributed by atoms with Crippen molar-refractivity contribution in [3.05, 3.63) is 63.9 Å². The van der Waals surface area contributed by atoms with Crippen LogP contribution in [0.3, 0.4) is 0 Å². The number of nitrogens with one attached hydrogen (secondary N) is 3. The van der Waals surface area contributed by atoms with Crippen molar-refractivity contribution in [3.8, 4) is 0 Å². The first-order valence-electron chi connectivity index (χ1n) is 9.11. The average molecular weight is 425 g/mol. The molecule has 0 aliphatic heterocycles. The van der Waals surface area contributed by atoms with E-state index in [1.165, 1.54) is 12.1 Å². The number of nitrogens with zero attached hydrogens (tertiary/aromatic N) is 1. The summed E-state index contributed by atoms with van der Waals surface area (Å²) in [5, 5.41) is 23.5. The predicted octanol–water partition coefficient (Wildman–Crippen LogP) is 0.775. The summed E-state index contributed by atoms with van der Waals surface area (Å²) in [6.45, 7) is 0.394. The molecular formula is C20H19N5O6. The zero-order valence-corrected chi connectivity index (χ0v) is 16.1. The quantitative estimate of drug-likeness (QED) is 0.303. The van der Waals surface area contributed by atoms with Crippen LogP contribution in [0.25, 0.3) is 10.9 Å². The summed E-state index contributed by atoms with van der Waals surface area (Å²) in [5.41, 5.74) is 7.38. The molecule has 1 aromatic heterocycles. The van der Waals surface area contributed by atoms with Gasteiger partial charge in [-0.05, 0) is 42.0 Å². The van der Waals surface area contributed by atoms with Crippen LogP contribution in [-0.2, 0) is 16.1 Å². The Morgan fingerprint density at radius 3 is 2.45 bits per heavy atom. The van der Waals surface area contributed by atoms with Gasteiger partial charge in [0.2, 0.25) is 5.95 Å². The Morgan fingerprint density at radius 2 is 1.81 bits per heavy atom. The van der Waals surface area contributed by atoms with E-state index < -0.39 is 30.3 Å². The van der Waals surface area contributed by atoms with Gasteiger partial charge >= 0.3 is 11.9 Å². The van der Waals surface area contributed by atoms with Crippen LogP contribution in [0.2, 0.25) is 0 Å². The van der Waals surface area contributed by atoms with E-state index in [1.807, 2.05) is 0 Å². The summed E-state index contributed by atoms with van der Waals surface area (Å²) < 4.78 is 0. The molecule has 0 saturated heterocycles. The number of carbonyl (C=O) groups is 3. The molecule has 0 aliphatic carbocycles. The monoisotopic (exact) mass is 425 g/mol. The van der Waals surface area contributed by atoms with Crippen LogP contribution >= 0.6 is 0 Å². The molecule has 0 radical (unpaired) electrons. The van der Waals surface area contributed by atoms with E-state index in [0.29, 0.717) is 23.1 Å². The highest BCUT2D eigenvalue weighted by Crippen LogP contribution is 2.15. The molecule has 3 aromatic rings. The van der Waals surface area contributed by atoms with Crippen molar-refractivity contribution in [1.82, 2.24) is 15.3 Å². The fourth-order valence-corrected chi connectivity index (χ4v) is 2.87. The van der Waals surface area contributed by atoms with Gasteiger partial charge in [-0.1, -0.05) is 6.07 Å². The standard InChI is InChI=1S/C20H19N5O6/c21-20-24-14-6-1-10(7-13(14)18(29)25-20)9-22-12-4-2-11(3-5-12)17(28)23-15(19(30)31)8-16(26)27/h1-7,15,22H,8-9H2,(H,23,28)(H,26,27)(H,30,31)(H3,21,24,25,29)/t15-/m0/s1. The number of benzene rings is 2. The minimum absolute atomic E-state index is 0.0464. The second-order valence-corrected chi connectivity index (χ2v) is 6.70. The molecule has 3 rings (SSSR count). The third-order valence-electron chi connectivity index (χ3n) is 4.41. The van der Waals surface area contributed by atoms with E-state index in [9.17, 15) is 19.2 Å². The van der Waals surface area contributed by atoms with Gasteiger partial charge < -0.3 is 26.6 Å². The zero-order chi connectivity index (χ0) is 22.5. The van der Waals surface area contributed by atoms with E-state index in [4.69, 9.17) is 15.9 Å². The van der Waals surface area contributed by atoms with Crippen molar-refractivity contribution in [2.75, 3.05) is 11.1 Å². The number of anilines is 2. The highest BCUT2D eigenvalue weighted by atomic mass is 16.4. The van der Waals surface area contributed by atoms with Gasteiger partial charge in [0.15, 0.2) is 0 Å². The van der Waals surface area contributed by atoms with Gasteiger partial charge in [0.05, 0.1) is 17.3 Å². The Labute approximate surface area is 174 Å². The van der Waals surface area contributed by atoms with Gasteiger partial charge in [-0.25, -0.2) is 9.78 Å². The number of hydrogen-bond donors (Lipinski definition) is 6. The fraction of sp³-hybridized carbons (Fsp3) is 0.150. The molecule has 31 heavy (non-hydrogen) atoms. The zero-order valence-electron chi connectivity index (χ0n) is 16.1. The smallest absolute Gasteiger partial charge is 0.326 e. The van der Waals surface area contributed by atoms with Gasteiger partial charge in [-0.15, -0.1) is 0 Å². The highest BCUT2D eigenvalue weighted by molar-refractivity contribution is 5.97. The second-order valence-electron chi connectivity index (χ2n) is 6.70. The lowest BCUT2D eigenvalue weighted by Gasteiger charge is -2.13. The van der Waals surface area contributed by atoms with Crippen molar-refractivity contribution in [1.29, 1.82) is 0 Å². The van der Waals surface area contributed by atoms with E-state index in [-0.39, 0.29) is 17.1 Å². The summed E-state index contributed by atoms with van der Waals surface area (Å²) in [4.78, 5) is 52.5. The number of amides is 1. The summed E-state index contributed by atoms with van der Waals surface area (Å²) in [6, 6.07) is 9.88. The first-order valence-corrected chi connectivity index (χ1v) is 9.11. The Hall–Kier alpha value is -4.41. The lowest BCUT2D eigenvalue weighted by atomic mass is 10.1. The van der Waals surface area contributed by atoms with Crippen molar-refractivity contribution in [3.63, 3.8) is 0 Å². The number of aromatic amines is 1. The molecule has 0 fully saturated rings. The number of carbonyl (C=O) groups excluding carboxylic acids is 1. The number of carboxylic acids is 2. The minimum atomic E-state index is -1.52. The summed E-state index contributed by atoms with van der Waals surface area (Å²) in [5.74, 6) is -3.41. The molecule has 1 amide bonds. The SMILES string of the molecule is Nc1nc2ccc(CNc3ccc(C(=O)N[C@@H](CC(=O)O)C(=O)O)cc3)cc2c(=O)[nH]1. The normalized spacial score (nSPS) is 11.6. The minimum Gasteiger partial charge on any atom is -0.481 e. The molecule has 0 bridgehead atoms. The molecule has 7 N–H and O–H groups in total. The number of aliphatic carboxylic acids is 2. The van der Waals surface area contributed by atoms with Crippen LogP contribution in [0.1, 0.15) is 22.3 Å². The molecule has 1 heterocycles. The van der Waals surface area contributed by atoms with E-state index in [1.54, 1.807) is 30.3 Å². The highest BCUT2D eigenvalue weighted by Gasteiger charge is 2.23. The van der Waals surface area contributed by atoms with Crippen LogP contribution in [0.5, 0.6) is 0 Å². The number of nitrogens with two attached hydrogens (primary N) is 1. The Balaban J connectivity index is 1.65. The Bertz CT molecular complexity index is 1200. The largest absolute Gasteiger partial charge is 0.481 e. The average Bonchev–Trinajstić information content (AvgIpc) is 2.71. The number of rotatable bonds is 8. The predicted molar refractivity (Wildman–Crippen MR) is 112 cm³/mol. The first-order chi connectivity index (χ1) is 14.7. The number of H-pyrrole nitrogens is 1. The van der Waals surface area contributed by atoms with Crippen molar-refractivity contribution in [2.45, 2.75) is 19.0 Å². The molecule has 1 atom stereocenters. The lowest BCUT2D eigenvalue weighted by Crippen LogP contribution is -2.42. The maximum Gasteiger partial charge on any atom is 0.326 e. The lowest BCUT2D eigenvalue weighted by molar-refractivity contribution is -0.145. The van der Waals surface area contributed by atoms with Gasteiger partial charge in [0.25, 0.3) is 11.5 Å². The molecule has 160 valence electrons. The number of carboxylic acid groups (broad SMARTS) is 2. The third-order valence-corrected chi connectivity index (χ3v) is 4.41. The van der Waals surface area contributed by atoms with Gasteiger partial charge in [0, 0.05) is 17.8 Å². The molecular weight excluding hydrogens is 406 g/mol. The summed E-state index contributed by atoms with van der Waals surface area (Å²) in [7, 11) is 0. The van der Waals surface area contributed by atoms with Crippen LogP contribution < -0.4 is 21.9 Å². The molecule has 0 spiro atoms. The Kier molecular flexibility index (Phi) is 6.15. The third kappa shape index (κ3) is 5.35. The molecule has 0 saturated carbocycles.